The van der Waals surface area contributed by atoms with Crippen LogP contribution >= 0.6 is 0 Å². The maximum absolute atomic E-state index is 13.1. The Hall–Kier alpha value is -3.91. The Balaban J connectivity index is 1.44. The minimum atomic E-state index is -4.17. The molecule has 160 valence electrons. The van der Waals surface area contributed by atoms with E-state index in [1.165, 1.54) is 18.2 Å². The van der Waals surface area contributed by atoms with Crippen LogP contribution in [0.25, 0.3) is 17.0 Å². The molecule has 6 nitrogen and oxygen atoms in total. The van der Waals surface area contributed by atoms with Gasteiger partial charge in [-0.05, 0) is 48.5 Å². The van der Waals surface area contributed by atoms with Gasteiger partial charge in [-0.2, -0.15) is 8.42 Å². The van der Waals surface area contributed by atoms with Crippen molar-refractivity contribution < 1.29 is 26.5 Å². The lowest BCUT2D eigenvalue weighted by atomic mass is 10.1. The molecule has 0 atom stereocenters. The lowest BCUT2D eigenvalue weighted by molar-refractivity contribution is 0.101. The van der Waals surface area contributed by atoms with Crippen molar-refractivity contribution in [1.29, 1.82) is 0 Å². The van der Waals surface area contributed by atoms with Gasteiger partial charge in [-0.25, -0.2) is 4.39 Å². The second kappa shape index (κ2) is 7.35. The van der Waals surface area contributed by atoms with E-state index in [1.54, 1.807) is 6.08 Å². The number of aromatic nitrogens is 1. The van der Waals surface area contributed by atoms with Crippen LogP contribution in [0.15, 0.2) is 83.6 Å². The first-order valence-corrected chi connectivity index (χ1v) is 11.0. The first-order chi connectivity index (χ1) is 15.3. The average molecular weight is 449 g/mol. The Morgan fingerprint density at radius 1 is 1.03 bits per heavy atom. The van der Waals surface area contributed by atoms with Crippen LogP contribution in [0.5, 0.6) is 11.5 Å². The number of hydrogen-bond acceptors (Lipinski definition) is 5. The monoisotopic (exact) mass is 449 g/mol. The second-order valence-electron chi connectivity index (χ2n) is 7.30. The number of carbonyl (C=O) groups excluding carboxylic acids is 1. The summed E-state index contributed by atoms with van der Waals surface area (Å²) in [4.78, 5) is 12.6. The smallest absolute Gasteiger partial charge is 0.339 e. The lowest BCUT2D eigenvalue weighted by Gasteiger charge is -2.07. The van der Waals surface area contributed by atoms with E-state index < -0.39 is 15.9 Å². The molecule has 0 N–H and O–H groups in total. The minimum Gasteiger partial charge on any atom is -0.452 e. The highest BCUT2D eigenvalue weighted by Gasteiger charge is 2.29. The summed E-state index contributed by atoms with van der Waals surface area (Å²) in [5.74, 6) is -0.546. The number of hydrogen-bond donors (Lipinski definition) is 0. The summed E-state index contributed by atoms with van der Waals surface area (Å²) in [6.07, 6.45) is 3.57. The standard InChI is InChI=1S/C24H16FNO5S/c1-26-14-15(19-4-2-3-5-21(19)26)12-23-24(27)20-11-8-17(13-22(20)30-23)31-32(28,29)18-9-6-16(25)7-10-18/h2-14H,1H3/b23-12+. The van der Waals surface area contributed by atoms with Crippen LogP contribution in [0.3, 0.4) is 0 Å². The van der Waals surface area contributed by atoms with Crippen molar-refractivity contribution in [1.82, 2.24) is 4.57 Å². The zero-order valence-corrected chi connectivity index (χ0v) is 17.6. The summed E-state index contributed by atoms with van der Waals surface area (Å²) < 4.78 is 50.8. The number of ketones is 1. The van der Waals surface area contributed by atoms with Gasteiger partial charge in [-0.1, -0.05) is 18.2 Å². The largest absolute Gasteiger partial charge is 0.452 e. The van der Waals surface area contributed by atoms with Crippen molar-refractivity contribution in [2.75, 3.05) is 0 Å². The van der Waals surface area contributed by atoms with E-state index in [0.29, 0.717) is 5.56 Å². The Morgan fingerprint density at radius 2 is 1.78 bits per heavy atom. The Kier molecular flexibility index (Phi) is 4.60. The number of para-hydroxylation sites is 1. The van der Waals surface area contributed by atoms with Gasteiger partial charge in [0.05, 0.1) is 5.56 Å². The number of allylic oxidation sites excluding steroid dienone is 1. The molecule has 0 saturated carbocycles. The number of Topliss-reactive ketones (excluding diaryl/α,β-unsaturated/α-hetero) is 1. The van der Waals surface area contributed by atoms with E-state index in [1.807, 2.05) is 42.1 Å². The average Bonchev–Trinajstić information content (AvgIpc) is 3.25. The molecule has 1 aromatic heterocycles. The van der Waals surface area contributed by atoms with Crippen LogP contribution in [0.4, 0.5) is 4.39 Å². The summed E-state index contributed by atoms with van der Waals surface area (Å²) in [7, 11) is -2.25. The highest BCUT2D eigenvalue weighted by molar-refractivity contribution is 7.87. The second-order valence-corrected chi connectivity index (χ2v) is 8.85. The number of halogens is 1. The van der Waals surface area contributed by atoms with Crippen LogP contribution in [-0.2, 0) is 17.2 Å². The lowest BCUT2D eigenvalue weighted by Crippen LogP contribution is -2.09. The van der Waals surface area contributed by atoms with Crippen LogP contribution in [0.2, 0.25) is 0 Å². The molecule has 0 fully saturated rings. The number of benzene rings is 3. The highest BCUT2D eigenvalue weighted by atomic mass is 32.2. The van der Waals surface area contributed by atoms with E-state index in [0.717, 1.165) is 40.7 Å². The molecule has 3 aromatic carbocycles. The van der Waals surface area contributed by atoms with Gasteiger partial charge >= 0.3 is 10.1 Å². The summed E-state index contributed by atoms with van der Waals surface area (Å²) in [6.45, 7) is 0. The van der Waals surface area contributed by atoms with Crippen molar-refractivity contribution in [2.24, 2.45) is 7.05 Å². The van der Waals surface area contributed by atoms with E-state index in [9.17, 15) is 17.6 Å². The molecule has 0 spiro atoms. The molecule has 0 unspecified atom stereocenters. The van der Waals surface area contributed by atoms with E-state index in [2.05, 4.69) is 0 Å². The molecular formula is C24H16FNO5S. The van der Waals surface area contributed by atoms with Gasteiger partial charge in [0.2, 0.25) is 5.78 Å². The van der Waals surface area contributed by atoms with Gasteiger partial charge < -0.3 is 13.5 Å². The summed E-state index contributed by atoms with van der Waals surface area (Å²) in [5.41, 5.74) is 2.15. The van der Waals surface area contributed by atoms with Gasteiger partial charge in [0, 0.05) is 35.8 Å². The van der Waals surface area contributed by atoms with Crippen molar-refractivity contribution in [3.05, 3.63) is 95.6 Å². The van der Waals surface area contributed by atoms with Crippen LogP contribution in [-0.4, -0.2) is 18.8 Å². The molecule has 0 aliphatic carbocycles. The maximum Gasteiger partial charge on any atom is 0.339 e. The zero-order chi connectivity index (χ0) is 22.5. The van der Waals surface area contributed by atoms with Crippen LogP contribution in [0, 0.1) is 5.82 Å². The molecule has 2 heterocycles. The molecule has 4 aromatic rings. The Morgan fingerprint density at radius 3 is 2.56 bits per heavy atom. The SMILES string of the molecule is Cn1cc(/C=C2/Oc3cc(OS(=O)(=O)c4ccc(F)cc4)ccc3C2=O)c2ccccc21. The Bertz CT molecular complexity index is 1520. The fourth-order valence-corrected chi connectivity index (χ4v) is 4.55. The molecule has 0 amide bonds. The van der Waals surface area contributed by atoms with E-state index in [4.69, 9.17) is 8.92 Å². The topological polar surface area (TPSA) is 74.6 Å². The highest BCUT2D eigenvalue weighted by Crippen LogP contribution is 2.36. The third kappa shape index (κ3) is 3.44. The van der Waals surface area contributed by atoms with Gasteiger partial charge in [0.25, 0.3) is 0 Å². The van der Waals surface area contributed by atoms with Crippen LogP contribution < -0.4 is 8.92 Å². The van der Waals surface area contributed by atoms with Crippen molar-refractivity contribution in [3.63, 3.8) is 0 Å². The fourth-order valence-electron chi connectivity index (χ4n) is 3.62. The summed E-state index contributed by atoms with van der Waals surface area (Å²) in [5, 5.41) is 0.976. The molecule has 1 aliphatic rings. The molecule has 5 rings (SSSR count). The molecule has 0 saturated heterocycles. The van der Waals surface area contributed by atoms with Crippen molar-refractivity contribution in [2.45, 2.75) is 4.90 Å². The molecule has 32 heavy (non-hydrogen) atoms. The number of aryl methyl sites for hydroxylation is 1. The first-order valence-electron chi connectivity index (χ1n) is 9.64. The molecule has 0 bridgehead atoms. The molecule has 0 radical (unpaired) electrons. The first kappa shape index (κ1) is 20.0. The normalized spacial score (nSPS) is 14.6. The molecule has 8 heteroatoms. The number of fused-ring (bicyclic) bond motifs is 2. The minimum absolute atomic E-state index is 0.0210. The number of rotatable bonds is 4. The summed E-state index contributed by atoms with van der Waals surface area (Å²) in [6, 6.07) is 16.3. The third-order valence-corrected chi connectivity index (χ3v) is 6.43. The van der Waals surface area contributed by atoms with Gasteiger partial charge in [0.15, 0.2) is 5.76 Å². The predicted molar refractivity (Wildman–Crippen MR) is 117 cm³/mol. The summed E-state index contributed by atoms with van der Waals surface area (Å²) >= 11 is 0. The maximum atomic E-state index is 13.1. The zero-order valence-electron chi connectivity index (χ0n) is 16.8. The van der Waals surface area contributed by atoms with Crippen molar-refractivity contribution >= 4 is 32.9 Å². The predicted octanol–water partition coefficient (Wildman–Crippen LogP) is 4.70. The fraction of sp³-hybridized carbons (Fsp3) is 0.0417. The van der Waals surface area contributed by atoms with Crippen LogP contribution in [0.1, 0.15) is 15.9 Å². The molecular weight excluding hydrogens is 433 g/mol. The van der Waals surface area contributed by atoms with E-state index in [-0.39, 0.29) is 27.9 Å². The van der Waals surface area contributed by atoms with E-state index >= 15 is 0 Å². The quantitative estimate of drug-likeness (QED) is 0.334. The van der Waals surface area contributed by atoms with Gasteiger partial charge in [-0.15, -0.1) is 0 Å². The van der Waals surface area contributed by atoms with Gasteiger partial charge in [-0.3, -0.25) is 4.79 Å². The molecule has 1 aliphatic heterocycles. The Labute approximate surface area is 183 Å². The van der Waals surface area contributed by atoms with Crippen molar-refractivity contribution in [3.8, 4) is 11.5 Å². The third-order valence-electron chi connectivity index (χ3n) is 5.16. The number of carbonyl (C=O) groups is 1. The number of ether oxygens (including phenoxy) is 1. The number of nitrogens with zero attached hydrogens (tertiary/aromatic N) is 1. The van der Waals surface area contributed by atoms with Gasteiger partial charge in [0.1, 0.15) is 22.2 Å².